The third kappa shape index (κ3) is 6.39. The third-order valence-corrected chi connectivity index (χ3v) is 1.93. The monoisotopic (exact) mass is 119 g/mol. The van der Waals surface area contributed by atoms with Crippen LogP contribution in [0.3, 0.4) is 0 Å². The highest BCUT2D eigenvalue weighted by atomic mass is 31.1. The lowest BCUT2D eigenvalue weighted by atomic mass is 10.8. The molecule has 0 saturated heterocycles. The second-order valence-electron chi connectivity index (χ2n) is 1.91. The summed E-state index contributed by atoms with van der Waals surface area (Å²) >= 11 is 0. The molecule has 1 nitrogen and oxygen atoms in total. The fraction of sp³-hybridized carbons (Fsp3) is 1.00. The summed E-state index contributed by atoms with van der Waals surface area (Å²) in [7, 11) is 2.33. The predicted molar refractivity (Wildman–Crippen MR) is 37.6 cm³/mol. The van der Waals surface area contributed by atoms with Crippen LogP contribution in [0.5, 0.6) is 0 Å². The van der Waals surface area contributed by atoms with Gasteiger partial charge in [-0.25, -0.2) is 0 Å². The maximum Gasteiger partial charge on any atom is -0.00127 e. The fourth-order valence-electron chi connectivity index (χ4n) is 0.335. The molecule has 0 aromatic heterocycles. The van der Waals surface area contributed by atoms with Gasteiger partial charge < -0.3 is 5.32 Å². The summed E-state index contributed by atoms with van der Waals surface area (Å²) in [5.74, 6) is 0. The quantitative estimate of drug-likeness (QED) is 0.545. The molecule has 0 atom stereocenters. The van der Waals surface area contributed by atoms with Gasteiger partial charge in [-0.15, -0.1) is 7.92 Å². The Bertz CT molecular complexity index is 37.1. The van der Waals surface area contributed by atoms with E-state index in [2.05, 4.69) is 18.6 Å². The summed E-state index contributed by atoms with van der Waals surface area (Å²) in [6, 6.07) is 0. The molecule has 0 aliphatic heterocycles. The Hall–Kier alpha value is 0.390. The summed E-state index contributed by atoms with van der Waals surface area (Å²) in [6.45, 7) is 5.78. The second kappa shape index (κ2) is 4.55. The van der Waals surface area contributed by atoms with Crippen LogP contribution in [-0.2, 0) is 0 Å². The molecular weight excluding hydrogens is 105 g/mol. The van der Waals surface area contributed by atoms with Crippen LogP contribution in [-0.4, -0.2) is 33.1 Å². The Morgan fingerprint density at radius 3 is 2.14 bits per heavy atom. The van der Waals surface area contributed by atoms with E-state index in [9.17, 15) is 0 Å². The van der Waals surface area contributed by atoms with E-state index in [0.717, 1.165) is 0 Å². The van der Waals surface area contributed by atoms with Crippen molar-refractivity contribution in [3.05, 3.63) is 0 Å². The number of rotatable bonds is 3. The van der Waals surface area contributed by atoms with Gasteiger partial charge in [-0.1, -0.05) is 0 Å². The van der Waals surface area contributed by atoms with Gasteiger partial charge in [-0.05, 0) is 33.1 Å². The van der Waals surface area contributed by atoms with Crippen molar-refractivity contribution in [2.24, 2.45) is 0 Å². The zero-order valence-corrected chi connectivity index (χ0v) is 6.26. The average molecular weight is 119 g/mol. The Morgan fingerprint density at radius 1 is 1.43 bits per heavy atom. The smallest absolute Gasteiger partial charge is 0.00127 e. The first-order chi connectivity index (χ1) is 3.27. The molecule has 0 radical (unpaired) electrons. The molecule has 0 bridgehead atoms. The van der Waals surface area contributed by atoms with Crippen molar-refractivity contribution < 1.29 is 0 Å². The Kier molecular flexibility index (Phi) is 4.80. The maximum atomic E-state index is 3.12. The van der Waals surface area contributed by atoms with E-state index in [-0.39, 0.29) is 0 Å². The topological polar surface area (TPSA) is 12.0 Å². The lowest BCUT2D eigenvalue weighted by molar-refractivity contribution is 0.869. The van der Waals surface area contributed by atoms with Gasteiger partial charge in [0.05, 0.1) is 0 Å². The van der Waals surface area contributed by atoms with E-state index in [1.54, 1.807) is 0 Å². The summed E-state index contributed by atoms with van der Waals surface area (Å²) in [6.07, 6.45) is 1.35. The van der Waals surface area contributed by atoms with Crippen molar-refractivity contribution in [1.29, 1.82) is 0 Å². The highest BCUT2D eigenvalue weighted by Crippen LogP contribution is 2.21. The molecular formula is C5H14NP. The molecule has 0 fully saturated rings. The number of hydrogen-bond acceptors (Lipinski definition) is 1. The van der Waals surface area contributed by atoms with Gasteiger partial charge >= 0.3 is 0 Å². The van der Waals surface area contributed by atoms with E-state index < -0.39 is 0 Å². The third-order valence-electron chi connectivity index (χ3n) is 0.809. The van der Waals surface area contributed by atoms with E-state index >= 15 is 0 Å². The van der Waals surface area contributed by atoms with Gasteiger partial charge in [0.1, 0.15) is 0 Å². The largest absolute Gasteiger partial charge is 0.319 e. The molecule has 0 unspecified atom stereocenters. The van der Waals surface area contributed by atoms with Gasteiger partial charge in [-0.3, -0.25) is 0 Å². The molecule has 1 N–H and O–H groups in total. The molecule has 0 amide bonds. The highest BCUT2D eigenvalue weighted by Gasteiger charge is 1.86. The van der Waals surface area contributed by atoms with E-state index in [1.807, 2.05) is 7.05 Å². The zero-order chi connectivity index (χ0) is 5.70. The van der Waals surface area contributed by atoms with Crippen molar-refractivity contribution >= 4 is 7.92 Å². The molecule has 0 spiro atoms. The molecule has 44 valence electrons. The molecule has 0 aliphatic carbocycles. The number of hydrogen-bond donors (Lipinski definition) is 1. The van der Waals surface area contributed by atoms with Crippen molar-refractivity contribution in [2.45, 2.75) is 0 Å². The van der Waals surface area contributed by atoms with Crippen molar-refractivity contribution in [1.82, 2.24) is 5.32 Å². The summed E-state index contributed by atoms with van der Waals surface area (Å²) in [5, 5.41) is 3.12. The van der Waals surface area contributed by atoms with Crippen LogP contribution in [0.15, 0.2) is 0 Å². The molecule has 0 rings (SSSR count). The zero-order valence-electron chi connectivity index (χ0n) is 5.36. The minimum atomic E-state index is 0.331. The van der Waals surface area contributed by atoms with Crippen molar-refractivity contribution in [3.63, 3.8) is 0 Å². The molecule has 7 heavy (non-hydrogen) atoms. The minimum Gasteiger partial charge on any atom is -0.319 e. The first-order valence-electron chi connectivity index (χ1n) is 2.56. The molecule has 0 aromatic rings. The van der Waals surface area contributed by atoms with Crippen molar-refractivity contribution in [3.8, 4) is 0 Å². The van der Waals surface area contributed by atoms with E-state index in [4.69, 9.17) is 0 Å². The first-order valence-corrected chi connectivity index (χ1v) is 4.99. The number of nitrogens with one attached hydrogen (secondary N) is 1. The molecule has 2 heteroatoms. The van der Waals surface area contributed by atoms with E-state index in [0.29, 0.717) is 7.92 Å². The van der Waals surface area contributed by atoms with Gasteiger partial charge in [0.25, 0.3) is 0 Å². The molecule has 0 aromatic carbocycles. The minimum absolute atomic E-state index is 0.331. The Morgan fingerprint density at radius 2 is 2.00 bits per heavy atom. The molecule has 0 saturated carbocycles. The van der Waals surface area contributed by atoms with Crippen LogP contribution in [0.4, 0.5) is 0 Å². The fourth-order valence-corrected chi connectivity index (χ4v) is 1.01. The van der Waals surface area contributed by atoms with Gasteiger partial charge in [0, 0.05) is 0 Å². The Labute approximate surface area is 47.2 Å². The average Bonchev–Trinajstić information content (AvgIpc) is 1.61. The predicted octanol–water partition coefficient (Wildman–Crippen LogP) is 0.947. The van der Waals surface area contributed by atoms with E-state index in [1.165, 1.54) is 12.7 Å². The standard InChI is InChI=1S/C5H14NP/c1-6-4-5-7(2)3/h6H,4-5H2,1-3H3. The van der Waals surface area contributed by atoms with Crippen molar-refractivity contribution in [2.75, 3.05) is 33.1 Å². The first kappa shape index (κ1) is 7.39. The van der Waals surface area contributed by atoms with Crippen LogP contribution in [0.2, 0.25) is 0 Å². The van der Waals surface area contributed by atoms with Crippen LogP contribution >= 0.6 is 7.92 Å². The Balaban J connectivity index is 2.68. The second-order valence-corrected chi connectivity index (χ2v) is 4.51. The normalized spacial score (nSPS) is 10.3. The van der Waals surface area contributed by atoms with Crippen LogP contribution in [0.25, 0.3) is 0 Å². The molecule has 0 heterocycles. The van der Waals surface area contributed by atoms with Crippen LogP contribution < -0.4 is 5.32 Å². The van der Waals surface area contributed by atoms with Crippen LogP contribution in [0.1, 0.15) is 0 Å². The molecule has 0 aliphatic rings. The maximum absolute atomic E-state index is 3.12. The van der Waals surface area contributed by atoms with Gasteiger partial charge in [-0.2, -0.15) is 0 Å². The van der Waals surface area contributed by atoms with Gasteiger partial charge in [0.15, 0.2) is 0 Å². The lowest BCUT2D eigenvalue weighted by Crippen LogP contribution is -2.10. The van der Waals surface area contributed by atoms with Gasteiger partial charge in [0.2, 0.25) is 0 Å². The highest BCUT2D eigenvalue weighted by molar-refractivity contribution is 7.56. The summed E-state index contributed by atoms with van der Waals surface area (Å²) in [5.41, 5.74) is 0. The lowest BCUT2D eigenvalue weighted by Gasteiger charge is -2.01. The summed E-state index contributed by atoms with van der Waals surface area (Å²) in [4.78, 5) is 0. The van der Waals surface area contributed by atoms with Crippen LogP contribution in [0, 0.1) is 0 Å². The SMILES string of the molecule is CNCCP(C)C. The summed E-state index contributed by atoms with van der Waals surface area (Å²) < 4.78 is 0.